The smallest absolute Gasteiger partial charge is 0.133 e. The van der Waals surface area contributed by atoms with Gasteiger partial charge in [-0.05, 0) is 25.8 Å². The fourth-order valence-corrected chi connectivity index (χ4v) is 2.38. The number of pyridine rings is 1. The molecule has 2 rings (SSSR count). The first-order chi connectivity index (χ1) is 7.20. The molecule has 0 unspecified atom stereocenters. The number of aromatic nitrogens is 1. The second kappa shape index (κ2) is 5.85. The van der Waals surface area contributed by atoms with Crippen LogP contribution in [0.15, 0.2) is 18.3 Å². The van der Waals surface area contributed by atoms with Crippen LogP contribution in [0.5, 0.6) is 0 Å². The number of nitrogens with zero attached hydrogens (tertiary/aromatic N) is 1. The van der Waals surface area contributed by atoms with Gasteiger partial charge >= 0.3 is 0 Å². The summed E-state index contributed by atoms with van der Waals surface area (Å²) in [6, 6.07) is 3.96. The summed E-state index contributed by atoms with van der Waals surface area (Å²) in [4.78, 5) is 4.07. The predicted octanol–water partition coefficient (Wildman–Crippen LogP) is 3.58. The minimum atomic E-state index is 0. The van der Waals surface area contributed by atoms with E-state index in [-0.39, 0.29) is 12.4 Å². The van der Waals surface area contributed by atoms with Gasteiger partial charge in [0.15, 0.2) is 0 Å². The molecular weight excluding hydrogens is 243 g/mol. The van der Waals surface area contributed by atoms with Crippen LogP contribution in [-0.2, 0) is 6.54 Å². The van der Waals surface area contributed by atoms with Crippen LogP contribution in [0.25, 0.3) is 0 Å². The normalized spacial score (nSPS) is 18.1. The van der Waals surface area contributed by atoms with Crippen LogP contribution in [0.2, 0.25) is 5.15 Å². The second-order valence-electron chi connectivity index (χ2n) is 4.57. The van der Waals surface area contributed by atoms with Gasteiger partial charge in [0.05, 0.1) is 0 Å². The Bertz CT molecular complexity index is 336. The predicted molar refractivity (Wildman–Crippen MR) is 70.2 cm³/mol. The van der Waals surface area contributed by atoms with Crippen molar-refractivity contribution in [3.8, 4) is 0 Å². The van der Waals surface area contributed by atoms with E-state index in [0.717, 1.165) is 12.1 Å². The summed E-state index contributed by atoms with van der Waals surface area (Å²) in [7, 11) is 0. The van der Waals surface area contributed by atoms with Crippen molar-refractivity contribution in [2.75, 3.05) is 0 Å². The van der Waals surface area contributed by atoms with E-state index in [0.29, 0.717) is 10.7 Å². The molecule has 0 spiro atoms. The van der Waals surface area contributed by atoms with Gasteiger partial charge in [-0.2, -0.15) is 0 Å². The lowest BCUT2D eigenvalue weighted by Crippen LogP contribution is -2.38. The molecule has 1 saturated carbocycles. The van der Waals surface area contributed by atoms with E-state index in [4.69, 9.17) is 11.6 Å². The van der Waals surface area contributed by atoms with Crippen molar-refractivity contribution in [3.63, 3.8) is 0 Å². The third-order valence-corrected chi connectivity index (χ3v) is 3.59. The molecule has 1 aliphatic rings. The number of hydrogen-bond donors (Lipinski definition) is 1. The van der Waals surface area contributed by atoms with E-state index >= 15 is 0 Å². The Labute approximate surface area is 108 Å². The molecule has 0 amide bonds. The first kappa shape index (κ1) is 13.8. The fraction of sp³-hybridized carbons (Fsp3) is 0.583. The zero-order valence-corrected chi connectivity index (χ0v) is 11.1. The van der Waals surface area contributed by atoms with Crippen molar-refractivity contribution in [1.82, 2.24) is 10.3 Å². The third kappa shape index (κ3) is 3.34. The number of hydrogen-bond acceptors (Lipinski definition) is 2. The van der Waals surface area contributed by atoms with Gasteiger partial charge in [-0.1, -0.05) is 30.5 Å². The van der Waals surface area contributed by atoms with Crippen LogP contribution >= 0.6 is 24.0 Å². The molecule has 1 heterocycles. The highest BCUT2D eigenvalue weighted by atomic mass is 35.5. The Hall–Kier alpha value is -0.310. The summed E-state index contributed by atoms with van der Waals surface area (Å²) in [5, 5.41) is 4.21. The molecule has 90 valence electrons. The summed E-state index contributed by atoms with van der Waals surface area (Å²) in [6.07, 6.45) is 6.94. The summed E-state index contributed by atoms with van der Waals surface area (Å²) < 4.78 is 0. The van der Waals surface area contributed by atoms with Crippen molar-refractivity contribution in [1.29, 1.82) is 0 Å². The molecule has 0 saturated heterocycles. The Morgan fingerprint density at radius 3 is 2.75 bits per heavy atom. The Balaban J connectivity index is 0.00000128. The molecule has 16 heavy (non-hydrogen) atoms. The molecular formula is C12H18Cl2N2. The lowest BCUT2D eigenvalue weighted by atomic mass is 10.0. The van der Waals surface area contributed by atoms with Crippen LogP contribution < -0.4 is 5.32 Å². The van der Waals surface area contributed by atoms with Crippen molar-refractivity contribution in [3.05, 3.63) is 29.0 Å². The van der Waals surface area contributed by atoms with E-state index < -0.39 is 0 Å². The molecule has 0 aliphatic heterocycles. The van der Waals surface area contributed by atoms with Crippen molar-refractivity contribution in [2.24, 2.45) is 0 Å². The zero-order valence-electron chi connectivity index (χ0n) is 9.50. The average Bonchev–Trinajstić information content (AvgIpc) is 2.65. The van der Waals surface area contributed by atoms with Crippen LogP contribution in [0, 0.1) is 0 Å². The number of halogens is 2. The summed E-state index contributed by atoms with van der Waals surface area (Å²) in [5.41, 5.74) is 1.39. The topological polar surface area (TPSA) is 24.9 Å². The van der Waals surface area contributed by atoms with Crippen LogP contribution in [0.1, 0.15) is 38.2 Å². The average molecular weight is 261 g/mol. The fourth-order valence-electron chi connectivity index (χ4n) is 2.19. The minimum absolute atomic E-state index is 0. The maximum atomic E-state index is 6.00. The molecule has 1 aromatic rings. The number of nitrogens with one attached hydrogen (secondary N) is 1. The first-order valence-electron chi connectivity index (χ1n) is 5.54. The van der Waals surface area contributed by atoms with Gasteiger partial charge in [0, 0.05) is 23.8 Å². The lowest BCUT2D eigenvalue weighted by Gasteiger charge is -2.25. The van der Waals surface area contributed by atoms with Crippen LogP contribution in [0.4, 0.5) is 0 Å². The molecule has 0 radical (unpaired) electrons. The van der Waals surface area contributed by atoms with Crippen molar-refractivity contribution < 1.29 is 0 Å². The highest BCUT2D eigenvalue weighted by Crippen LogP contribution is 2.29. The summed E-state index contributed by atoms with van der Waals surface area (Å²) in [5.74, 6) is 0. The van der Waals surface area contributed by atoms with Gasteiger partial charge in [-0.3, -0.25) is 0 Å². The van der Waals surface area contributed by atoms with Crippen molar-refractivity contribution >= 4 is 24.0 Å². The molecule has 1 aliphatic carbocycles. The van der Waals surface area contributed by atoms with Crippen LogP contribution in [0.3, 0.4) is 0 Å². The monoisotopic (exact) mass is 260 g/mol. The molecule has 2 nitrogen and oxygen atoms in total. The van der Waals surface area contributed by atoms with E-state index in [1.165, 1.54) is 25.7 Å². The molecule has 1 aromatic heterocycles. The van der Waals surface area contributed by atoms with Gasteiger partial charge in [-0.25, -0.2) is 4.98 Å². The summed E-state index contributed by atoms with van der Waals surface area (Å²) in [6.45, 7) is 3.12. The maximum Gasteiger partial charge on any atom is 0.133 e. The van der Waals surface area contributed by atoms with E-state index in [9.17, 15) is 0 Å². The van der Waals surface area contributed by atoms with Gasteiger partial charge in [-0.15, -0.1) is 12.4 Å². The standard InChI is InChI=1S/C12H17ClN2.ClH/c1-12(6-2-3-7-12)15-9-10-5-4-8-14-11(10)13;/h4-5,8,15H,2-3,6-7,9H2,1H3;1H. The number of rotatable bonds is 3. The van der Waals surface area contributed by atoms with Crippen LogP contribution in [-0.4, -0.2) is 10.5 Å². The largest absolute Gasteiger partial charge is 0.307 e. The Morgan fingerprint density at radius 1 is 1.44 bits per heavy atom. The van der Waals surface area contributed by atoms with Gasteiger partial charge < -0.3 is 5.32 Å². The molecule has 0 atom stereocenters. The first-order valence-corrected chi connectivity index (χ1v) is 5.92. The van der Waals surface area contributed by atoms with Crippen molar-refractivity contribution in [2.45, 2.75) is 44.7 Å². The minimum Gasteiger partial charge on any atom is -0.307 e. The molecule has 4 heteroatoms. The van der Waals surface area contributed by atoms with E-state index in [2.05, 4.69) is 17.2 Å². The van der Waals surface area contributed by atoms with Gasteiger partial charge in [0.25, 0.3) is 0 Å². The Morgan fingerprint density at radius 2 is 2.12 bits per heavy atom. The molecule has 0 aromatic carbocycles. The highest BCUT2D eigenvalue weighted by Gasteiger charge is 2.27. The molecule has 0 bridgehead atoms. The third-order valence-electron chi connectivity index (χ3n) is 3.25. The maximum absolute atomic E-state index is 6.00. The highest BCUT2D eigenvalue weighted by molar-refractivity contribution is 6.30. The van der Waals surface area contributed by atoms with E-state index in [1.54, 1.807) is 6.20 Å². The molecule has 1 N–H and O–H groups in total. The van der Waals surface area contributed by atoms with E-state index in [1.807, 2.05) is 12.1 Å². The second-order valence-corrected chi connectivity index (χ2v) is 4.93. The van der Waals surface area contributed by atoms with Gasteiger partial charge in [0.1, 0.15) is 5.15 Å². The van der Waals surface area contributed by atoms with Gasteiger partial charge in [0.2, 0.25) is 0 Å². The quantitative estimate of drug-likeness (QED) is 0.841. The SMILES string of the molecule is CC1(NCc2cccnc2Cl)CCCC1.Cl. The summed E-state index contributed by atoms with van der Waals surface area (Å²) >= 11 is 6.00. The Kier molecular flexibility index (Phi) is 5.03. The molecule has 1 fully saturated rings. The zero-order chi connectivity index (χ0) is 10.7. The lowest BCUT2D eigenvalue weighted by molar-refractivity contribution is 0.362.